The summed E-state index contributed by atoms with van der Waals surface area (Å²) < 4.78 is 0. The Labute approximate surface area is 109 Å². The van der Waals surface area contributed by atoms with Gasteiger partial charge in [-0.3, -0.25) is 14.4 Å². The summed E-state index contributed by atoms with van der Waals surface area (Å²) in [7, 11) is 0. The zero-order chi connectivity index (χ0) is 13.5. The monoisotopic (exact) mass is 267 g/mol. The average molecular weight is 267 g/mol. The minimum absolute atomic E-state index is 0.285. The Morgan fingerprint density at radius 2 is 1.89 bits per heavy atom. The molecule has 0 aliphatic rings. The van der Waals surface area contributed by atoms with Crippen molar-refractivity contribution in [2.45, 2.75) is 12.2 Å². The van der Waals surface area contributed by atoms with Crippen LogP contribution in [0.25, 0.3) is 0 Å². The van der Waals surface area contributed by atoms with Crippen LogP contribution in [0, 0.1) is 0 Å². The third-order valence-electron chi connectivity index (χ3n) is 2.02. The van der Waals surface area contributed by atoms with E-state index >= 15 is 0 Å². The van der Waals surface area contributed by atoms with E-state index in [0.29, 0.717) is 5.69 Å². The van der Waals surface area contributed by atoms with Gasteiger partial charge in [0.05, 0.1) is 5.75 Å². The lowest BCUT2D eigenvalue weighted by atomic mass is 10.2. The normalized spacial score (nSPS) is 11.6. The van der Waals surface area contributed by atoms with E-state index in [1.54, 1.807) is 30.3 Å². The number of ketones is 1. The number of anilines is 1. The Morgan fingerprint density at radius 1 is 1.28 bits per heavy atom. The first kappa shape index (κ1) is 14.2. The van der Waals surface area contributed by atoms with Crippen LogP contribution in [-0.2, 0) is 14.4 Å². The maximum absolute atomic E-state index is 11.8. The first-order valence-electron chi connectivity index (χ1n) is 5.20. The molecule has 0 saturated heterocycles. The second-order valence-corrected chi connectivity index (χ2v) is 4.64. The minimum atomic E-state index is -1.06. The number of rotatable bonds is 6. The third kappa shape index (κ3) is 4.58. The maximum Gasteiger partial charge on any atom is 0.313 e. The van der Waals surface area contributed by atoms with E-state index in [1.165, 1.54) is 6.92 Å². The molecule has 0 saturated carbocycles. The molecule has 5 nitrogen and oxygen atoms in total. The zero-order valence-corrected chi connectivity index (χ0v) is 10.6. The summed E-state index contributed by atoms with van der Waals surface area (Å²) in [6.45, 7) is 1.27. The van der Waals surface area contributed by atoms with Crippen molar-refractivity contribution in [3.8, 4) is 0 Å². The van der Waals surface area contributed by atoms with Crippen LogP contribution < -0.4 is 5.32 Å². The molecule has 0 bridgehead atoms. The lowest BCUT2D eigenvalue weighted by Crippen LogP contribution is -2.31. The van der Waals surface area contributed by atoms with Crippen molar-refractivity contribution in [2.75, 3.05) is 11.1 Å². The molecular formula is C12H13NO4S. The number of carbonyl (C=O) groups is 3. The number of hydrogen-bond donors (Lipinski definition) is 2. The van der Waals surface area contributed by atoms with Crippen LogP contribution in [0.3, 0.4) is 0 Å². The van der Waals surface area contributed by atoms with Gasteiger partial charge in [-0.1, -0.05) is 18.2 Å². The van der Waals surface area contributed by atoms with Crippen molar-refractivity contribution in [3.05, 3.63) is 30.3 Å². The lowest BCUT2D eigenvalue weighted by molar-refractivity contribution is -0.133. The number of Topliss-reactive ketones (excluding diaryl/α,β-unsaturated/α-hetero) is 1. The molecule has 1 rings (SSSR count). The number of aliphatic carboxylic acids is 1. The first-order chi connectivity index (χ1) is 8.50. The molecule has 0 aliphatic carbocycles. The van der Waals surface area contributed by atoms with Gasteiger partial charge in [0.1, 0.15) is 5.25 Å². The van der Waals surface area contributed by atoms with Gasteiger partial charge in [-0.25, -0.2) is 0 Å². The molecule has 0 fully saturated rings. The number of amides is 1. The van der Waals surface area contributed by atoms with Crippen molar-refractivity contribution in [3.63, 3.8) is 0 Å². The highest BCUT2D eigenvalue weighted by atomic mass is 32.2. The average Bonchev–Trinajstić information content (AvgIpc) is 2.29. The number of benzene rings is 1. The number of para-hydroxylation sites is 1. The molecule has 6 heteroatoms. The van der Waals surface area contributed by atoms with Gasteiger partial charge in [0.15, 0.2) is 5.78 Å². The van der Waals surface area contributed by atoms with E-state index in [9.17, 15) is 14.4 Å². The fourth-order valence-corrected chi connectivity index (χ4v) is 2.02. The van der Waals surface area contributed by atoms with Crippen LogP contribution in [0.2, 0.25) is 0 Å². The summed E-state index contributed by atoms with van der Waals surface area (Å²) in [4.78, 5) is 33.6. The summed E-state index contributed by atoms with van der Waals surface area (Å²) in [6.07, 6.45) is 0. The Morgan fingerprint density at radius 3 is 2.39 bits per heavy atom. The predicted molar refractivity (Wildman–Crippen MR) is 69.6 cm³/mol. The Hall–Kier alpha value is -1.82. The van der Waals surface area contributed by atoms with Gasteiger partial charge in [0.25, 0.3) is 0 Å². The van der Waals surface area contributed by atoms with Crippen LogP contribution in [0.5, 0.6) is 0 Å². The van der Waals surface area contributed by atoms with Gasteiger partial charge in [0, 0.05) is 5.69 Å². The summed E-state index contributed by atoms with van der Waals surface area (Å²) in [5.74, 6) is -2.21. The van der Waals surface area contributed by atoms with Crippen LogP contribution in [0.15, 0.2) is 30.3 Å². The molecule has 0 aliphatic heterocycles. The molecule has 1 amide bonds. The van der Waals surface area contributed by atoms with E-state index in [1.807, 2.05) is 0 Å². The van der Waals surface area contributed by atoms with E-state index in [0.717, 1.165) is 11.8 Å². The highest BCUT2D eigenvalue weighted by Crippen LogP contribution is 2.15. The highest BCUT2D eigenvalue weighted by Gasteiger charge is 2.24. The molecule has 1 aromatic rings. The molecule has 0 heterocycles. The SMILES string of the molecule is CC(=O)C(SCC(=O)O)C(=O)Nc1ccccc1. The summed E-state index contributed by atoms with van der Waals surface area (Å²) in [5, 5.41) is 10.1. The Balaban J connectivity index is 2.65. The van der Waals surface area contributed by atoms with Gasteiger partial charge in [-0.15, -0.1) is 11.8 Å². The van der Waals surface area contributed by atoms with Crippen molar-refractivity contribution < 1.29 is 19.5 Å². The fourth-order valence-electron chi connectivity index (χ4n) is 1.26. The summed E-state index contributed by atoms with van der Waals surface area (Å²) >= 11 is 0.804. The van der Waals surface area contributed by atoms with Crippen LogP contribution >= 0.6 is 11.8 Å². The number of carbonyl (C=O) groups excluding carboxylic acids is 2. The minimum Gasteiger partial charge on any atom is -0.481 e. The molecule has 1 atom stereocenters. The second kappa shape index (κ2) is 6.80. The highest BCUT2D eigenvalue weighted by molar-refractivity contribution is 8.02. The fraction of sp³-hybridized carbons (Fsp3) is 0.250. The standard InChI is InChI=1S/C12H13NO4S/c1-8(14)11(18-7-10(15)16)12(17)13-9-5-3-2-4-6-9/h2-6,11H,7H2,1H3,(H,13,17)(H,15,16). The number of nitrogens with one attached hydrogen (secondary N) is 1. The summed E-state index contributed by atoms with van der Waals surface area (Å²) in [5.41, 5.74) is 0.574. The molecule has 0 spiro atoms. The molecule has 18 heavy (non-hydrogen) atoms. The zero-order valence-electron chi connectivity index (χ0n) is 9.75. The van der Waals surface area contributed by atoms with Gasteiger partial charge in [0.2, 0.25) is 5.91 Å². The first-order valence-corrected chi connectivity index (χ1v) is 6.25. The van der Waals surface area contributed by atoms with Crippen molar-refractivity contribution >= 4 is 35.1 Å². The smallest absolute Gasteiger partial charge is 0.313 e. The van der Waals surface area contributed by atoms with Crippen LogP contribution in [-0.4, -0.2) is 33.8 Å². The maximum atomic E-state index is 11.8. The van der Waals surface area contributed by atoms with Gasteiger partial charge in [-0.2, -0.15) is 0 Å². The molecular weight excluding hydrogens is 254 g/mol. The molecule has 2 N–H and O–H groups in total. The quantitative estimate of drug-likeness (QED) is 0.761. The molecule has 96 valence electrons. The van der Waals surface area contributed by atoms with Crippen LogP contribution in [0.4, 0.5) is 5.69 Å². The van der Waals surface area contributed by atoms with Crippen molar-refractivity contribution in [1.82, 2.24) is 0 Å². The number of thioether (sulfide) groups is 1. The largest absolute Gasteiger partial charge is 0.481 e. The molecule has 0 aromatic heterocycles. The van der Waals surface area contributed by atoms with E-state index in [-0.39, 0.29) is 11.5 Å². The molecule has 0 radical (unpaired) electrons. The van der Waals surface area contributed by atoms with Gasteiger partial charge in [-0.05, 0) is 19.1 Å². The third-order valence-corrected chi connectivity index (χ3v) is 3.32. The summed E-state index contributed by atoms with van der Waals surface area (Å²) in [6, 6.07) is 8.69. The Kier molecular flexibility index (Phi) is 5.38. The van der Waals surface area contributed by atoms with E-state index in [2.05, 4.69) is 5.32 Å². The van der Waals surface area contributed by atoms with E-state index < -0.39 is 17.1 Å². The van der Waals surface area contributed by atoms with Crippen molar-refractivity contribution in [2.24, 2.45) is 0 Å². The number of carboxylic acids is 1. The molecule has 1 unspecified atom stereocenters. The van der Waals surface area contributed by atoms with Crippen LogP contribution in [0.1, 0.15) is 6.92 Å². The van der Waals surface area contributed by atoms with Gasteiger partial charge < -0.3 is 10.4 Å². The topological polar surface area (TPSA) is 83.5 Å². The van der Waals surface area contributed by atoms with Gasteiger partial charge >= 0.3 is 5.97 Å². The van der Waals surface area contributed by atoms with Crippen molar-refractivity contribution in [1.29, 1.82) is 0 Å². The Bertz CT molecular complexity index is 447. The number of hydrogen-bond acceptors (Lipinski definition) is 4. The van der Waals surface area contributed by atoms with E-state index in [4.69, 9.17) is 5.11 Å². The second-order valence-electron chi connectivity index (χ2n) is 3.55. The number of carboxylic acid groups (broad SMARTS) is 1. The predicted octanol–water partition coefficient (Wildman–Crippen LogP) is 1.40. The lowest BCUT2D eigenvalue weighted by Gasteiger charge is -2.12. The molecule has 1 aromatic carbocycles.